The maximum absolute atomic E-state index is 12.4. The van der Waals surface area contributed by atoms with E-state index in [9.17, 15) is 14.7 Å². The molecule has 1 fully saturated rings. The Bertz CT molecular complexity index is 759. The zero-order chi connectivity index (χ0) is 15.9. The Morgan fingerprint density at radius 1 is 1.36 bits per heavy atom. The summed E-state index contributed by atoms with van der Waals surface area (Å²) in [6.07, 6.45) is 4.02. The number of carbonyl (C=O) groups is 2. The van der Waals surface area contributed by atoms with E-state index in [1.165, 1.54) is 6.20 Å². The van der Waals surface area contributed by atoms with Gasteiger partial charge in [0.25, 0.3) is 5.91 Å². The topological polar surface area (TPSA) is 97.1 Å². The van der Waals surface area contributed by atoms with Crippen molar-refractivity contribution >= 4 is 22.9 Å². The molecule has 1 aliphatic rings. The van der Waals surface area contributed by atoms with Crippen LogP contribution in [0.4, 0.5) is 0 Å². The van der Waals surface area contributed by atoms with Crippen molar-refractivity contribution in [1.82, 2.24) is 20.1 Å². The van der Waals surface area contributed by atoms with Crippen molar-refractivity contribution in [3.8, 4) is 0 Å². The second-order valence-electron chi connectivity index (χ2n) is 5.85. The first-order chi connectivity index (χ1) is 10.4. The number of aliphatic carboxylic acids is 1. The summed E-state index contributed by atoms with van der Waals surface area (Å²) in [5, 5.41) is 17.2. The lowest BCUT2D eigenvalue weighted by Gasteiger charge is -2.25. The second kappa shape index (κ2) is 5.08. The van der Waals surface area contributed by atoms with Gasteiger partial charge in [-0.2, -0.15) is 5.10 Å². The highest BCUT2D eigenvalue weighted by Crippen LogP contribution is 2.30. The second-order valence-corrected chi connectivity index (χ2v) is 5.85. The number of carboxylic acid groups (broad SMARTS) is 1. The number of nitrogens with one attached hydrogen (secondary N) is 1. The Morgan fingerprint density at radius 3 is 2.68 bits per heavy atom. The van der Waals surface area contributed by atoms with Gasteiger partial charge in [0.1, 0.15) is 5.54 Å². The molecule has 1 saturated carbocycles. The minimum Gasteiger partial charge on any atom is -0.480 e. The summed E-state index contributed by atoms with van der Waals surface area (Å²) in [7, 11) is 1.79. The van der Waals surface area contributed by atoms with Gasteiger partial charge in [0.2, 0.25) is 0 Å². The van der Waals surface area contributed by atoms with Crippen molar-refractivity contribution in [2.24, 2.45) is 7.05 Å². The van der Waals surface area contributed by atoms with Crippen LogP contribution in [0.1, 0.15) is 41.7 Å². The van der Waals surface area contributed by atoms with Crippen LogP contribution in [0, 0.1) is 6.92 Å². The quantitative estimate of drug-likeness (QED) is 0.893. The average molecular weight is 302 g/mol. The summed E-state index contributed by atoms with van der Waals surface area (Å²) in [5.41, 5.74) is 0.697. The van der Waals surface area contributed by atoms with Crippen molar-refractivity contribution in [1.29, 1.82) is 0 Å². The van der Waals surface area contributed by atoms with Gasteiger partial charge in [-0.05, 0) is 25.8 Å². The summed E-state index contributed by atoms with van der Waals surface area (Å²) in [5.74, 6) is -1.37. The summed E-state index contributed by atoms with van der Waals surface area (Å²) in [4.78, 5) is 28.2. The van der Waals surface area contributed by atoms with Gasteiger partial charge < -0.3 is 10.4 Å². The molecule has 0 atom stereocenters. The van der Waals surface area contributed by atoms with Gasteiger partial charge in [-0.1, -0.05) is 12.8 Å². The van der Waals surface area contributed by atoms with E-state index in [2.05, 4.69) is 15.4 Å². The number of carbonyl (C=O) groups excluding carboxylic acids is 1. The zero-order valence-corrected chi connectivity index (χ0v) is 12.6. The molecule has 0 radical (unpaired) electrons. The molecule has 2 heterocycles. The summed E-state index contributed by atoms with van der Waals surface area (Å²) >= 11 is 0. The highest BCUT2D eigenvalue weighted by molar-refractivity contribution is 6.00. The minimum absolute atomic E-state index is 0.358. The van der Waals surface area contributed by atoms with E-state index >= 15 is 0 Å². The van der Waals surface area contributed by atoms with Crippen molar-refractivity contribution < 1.29 is 14.7 Å². The first-order valence-corrected chi connectivity index (χ1v) is 7.28. The van der Waals surface area contributed by atoms with Gasteiger partial charge in [-0.15, -0.1) is 0 Å². The molecule has 7 heteroatoms. The van der Waals surface area contributed by atoms with Crippen molar-refractivity contribution in [3.63, 3.8) is 0 Å². The first-order valence-electron chi connectivity index (χ1n) is 7.28. The van der Waals surface area contributed by atoms with Crippen LogP contribution >= 0.6 is 0 Å². The van der Waals surface area contributed by atoms with E-state index in [0.717, 1.165) is 23.9 Å². The van der Waals surface area contributed by atoms with Crippen LogP contribution in [0.15, 0.2) is 12.3 Å². The third kappa shape index (κ3) is 2.22. The van der Waals surface area contributed by atoms with E-state index in [1.54, 1.807) is 17.8 Å². The molecule has 1 amide bonds. The fourth-order valence-corrected chi connectivity index (χ4v) is 3.09. The van der Waals surface area contributed by atoms with Gasteiger partial charge in [0.05, 0.1) is 11.3 Å². The highest BCUT2D eigenvalue weighted by atomic mass is 16.4. The number of nitrogens with zero attached hydrogens (tertiary/aromatic N) is 3. The number of fused-ring (bicyclic) bond motifs is 1. The molecule has 2 aromatic rings. The Balaban J connectivity index is 1.92. The molecular weight excluding hydrogens is 284 g/mol. The molecule has 2 aromatic heterocycles. The van der Waals surface area contributed by atoms with Gasteiger partial charge in [0, 0.05) is 18.6 Å². The van der Waals surface area contributed by atoms with Crippen LogP contribution in [0.3, 0.4) is 0 Å². The fourth-order valence-electron chi connectivity index (χ4n) is 3.09. The number of aromatic nitrogens is 3. The molecule has 0 unspecified atom stereocenters. The molecule has 0 spiro atoms. The van der Waals surface area contributed by atoms with Gasteiger partial charge in [-0.25, -0.2) is 9.78 Å². The summed E-state index contributed by atoms with van der Waals surface area (Å²) < 4.78 is 1.65. The standard InChI is InChI=1S/C15H18N4O3/c1-9-11-7-10(8-16-12(11)19(2)18-9)13(20)17-15(14(21)22)5-3-4-6-15/h7-8H,3-6H2,1-2H3,(H,17,20)(H,21,22). The number of amides is 1. The van der Waals surface area contributed by atoms with Crippen LogP contribution in [0.5, 0.6) is 0 Å². The van der Waals surface area contributed by atoms with Crippen LogP contribution in [-0.4, -0.2) is 37.3 Å². The predicted octanol–water partition coefficient (Wildman–Crippen LogP) is 1.40. The molecule has 0 bridgehead atoms. The average Bonchev–Trinajstić information content (AvgIpc) is 3.06. The Labute approximate surface area is 127 Å². The van der Waals surface area contributed by atoms with Crippen molar-refractivity contribution in [2.75, 3.05) is 0 Å². The van der Waals surface area contributed by atoms with Crippen LogP contribution < -0.4 is 5.32 Å². The lowest BCUT2D eigenvalue weighted by molar-refractivity contribution is -0.144. The molecule has 7 nitrogen and oxygen atoms in total. The molecular formula is C15H18N4O3. The van der Waals surface area contributed by atoms with E-state index in [4.69, 9.17) is 0 Å². The summed E-state index contributed by atoms with van der Waals surface area (Å²) in [6, 6.07) is 1.71. The number of hydrogen-bond acceptors (Lipinski definition) is 4. The molecule has 0 saturated heterocycles. The van der Waals surface area contributed by atoms with Crippen LogP contribution in [-0.2, 0) is 11.8 Å². The molecule has 116 valence electrons. The maximum Gasteiger partial charge on any atom is 0.329 e. The van der Waals surface area contributed by atoms with Crippen molar-refractivity contribution in [3.05, 3.63) is 23.5 Å². The third-order valence-electron chi connectivity index (χ3n) is 4.34. The number of pyridine rings is 1. The molecule has 0 aromatic carbocycles. The largest absolute Gasteiger partial charge is 0.480 e. The monoisotopic (exact) mass is 302 g/mol. The first kappa shape index (κ1) is 14.5. The normalized spacial score (nSPS) is 16.8. The molecule has 22 heavy (non-hydrogen) atoms. The Morgan fingerprint density at radius 2 is 2.05 bits per heavy atom. The maximum atomic E-state index is 12.4. The predicted molar refractivity (Wildman–Crippen MR) is 79.5 cm³/mol. The Hall–Kier alpha value is -2.44. The van der Waals surface area contributed by atoms with Crippen LogP contribution in [0.25, 0.3) is 11.0 Å². The van der Waals surface area contributed by atoms with Crippen LogP contribution in [0.2, 0.25) is 0 Å². The molecule has 1 aliphatic carbocycles. The zero-order valence-electron chi connectivity index (χ0n) is 12.6. The number of hydrogen-bond donors (Lipinski definition) is 2. The SMILES string of the molecule is Cc1nn(C)c2ncc(C(=O)NC3(C(=O)O)CCCC3)cc12. The van der Waals surface area contributed by atoms with Gasteiger partial charge >= 0.3 is 5.97 Å². The number of aryl methyl sites for hydroxylation is 2. The molecule has 2 N–H and O–H groups in total. The van der Waals surface area contributed by atoms with E-state index in [1.807, 2.05) is 6.92 Å². The Kier molecular flexibility index (Phi) is 3.35. The van der Waals surface area contributed by atoms with Gasteiger partial charge in [0.15, 0.2) is 5.65 Å². The van der Waals surface area contributed by atoms with Crippen molar-refractivity contribution in [2.45, 2.75) is 38.1 Å². The van der Waals surface area contributed by atoms with E-state index in [-0.39, 0.29) is 0 Å². The smallest absolute Gasteiger partial charge is 0.329 e. The highest BCUT2D eigenvalue weighted by Gasteiger charge is 2.42. The number of carboxylic acids is 1. The lowest BCUT2D eigenvalue weighted by atomic mass is 9.97. The number of rotatable bonds is 3. The molecule has 0 aliphatic heterocycles. The van der Waals surface area contributed by atoms with E-state index < -0.39 is 17.4 Å². The lowest BCUT2D eigenvalue weighted by Crippen LogP contribution is -2.52. The minimum atomic E-state index is -1.14. The third-order valence-corrected chi connectivity index (χ3v) is 4.34. The fraction of sp³-hybridized carbons (Fsp3) is 0.467. The summed E-state index contributed by atoms with van der Waals surface area (Å²) in [6.45, 7) is 1.85. The molecule has 3 rings (SSSR count). The van der Waals surface area contributed by atoms with E-state index in [0.29, 0.717) is 24.1 Å². The van der Waals surface area contributed by atoms with Gasteiger partial charge in [-0.3, -0.25) is 9.48 Å².